The van der Waals surface area contributed by atoms with E-state index in [9.17, 15) is 4.79 Å². The van der Waals surface area contributed by atoms with E-state index in [-0.39, 0.29) is 6.42 Å². The number of rotatable bonds is 7. The first-order chi connectivity index (χ1) is 14.2. The summed E-state index contributed by atoms with van der Waals surface area (Å²) >= 11 is 0. The van der Waals surface area contributed by atoms with E-state index in [4.69, 9.17) is 14.8 Å². The van der Waals surface area contributed by atoms with Crippen molar-refractivity contribution in [2.45, 2.75) is 26.0 Å². The number of nitrogens with zero attached hydrogens (tertiary/aromatic N) is 3. The van der Waals surface area contributed by atoms with E-state index in [2.05, 4.69) is 9.88 Å². The number of ether oxygens (including phenoxy) is 1. The van der Waals surface area contributed by atoms with E-state index in [0.717, 1.165) is 46.9 Å². The van der Waals surface area contributed by atoms with Crippen LogP contribution in [0.4, 0.5) is 0 Å². The van der Waals surface area contributed by atoms with Crippen molar-refractivity contribution in [3.63, 3.8) is 0 Å². The molecule has 6 nitrogen and oxygen atoms in total. The molecule has 0 saturated heterocycles. The smallest absolute Gasteiger partial charge is 0.304 e. The summed E-state index contributed by atoms with van der Waals surface area (Å²) in [4.78, 5) is 22.3. The fourth-order valence-corrected chi connectivity index (χ4v) is 3.39. The Balaban J connectivity index is 1.39. The first-order valence-corrected chi connectivity index (χ1v) is 9.73. The molecule has 0 atom stereocenters. The van der Waals surface area contributed by atoms with E-state index in [1.165, 1.54) is 0 Å². The van der Waals surface area contributed by atoms with Gasteiger partial charge in [0, 0.05) is 31.6 Å². The molecule has 0 saturated carbocycles. The largest absolute Gasteiger partial charge is 0.489 e. The van der Waals surface area contributed by atoms with Crippen molar-refractivity contribution >= 4 is 5.97 Å². The molecule has 6 heteroatoms. The minimum atomic E-state index is -0.770. The Morgan fingerprint density at radius 2 is 1.86 bits per heavy atom. The van der Waals surface area contributed by atoms with Gasteiger partial charge in [0.25, 0.3) is 0 Å². The van der Waals surface area contributed by atoms with Crippen LogP contribution in [-0.2, 0) is 24.4 Å². The summed E-state index contributed by atoms with van der Waals surface area (Å²) in [6.45, 7) is 2.55. The Hall–Kier alpha value is -3.25. The van der Waals surface area contributed by atoms with Gasteiger partial charge in [-0.2, -0.15) is 0 Å². The highest BCUT2D eigenvalue weighted by Gasteiger charge is 2.19. The van der Waals surface area contributed by atoms with Gasteiger partial charge in [-0.05, 0) is 29.8 Å². The first kappa shape index (κ1) is 19.1. The van der Waals surface area contributed by atoms with Gasteiger partial charge < -0.3 is 9.84 Å². The normalized spacial score (nSPS) is 13.7. The van der Waals surface area contributed by atoms with Crippen LogP contribution in [0.5, 0.6) is 5.75 Å². The number of benzene rings is 2. The van der Waals surface area contributed by atoms with E-state index in [0.29, 0.717) is 19.7 Å². The highest BCUT2D eigenvalue weighted by Crippen LogP contribution is 2.24. The molecule has 0 amide bonds. The van der Waals surface area contributed by atoms with Gasteiger partial charge in [-0.3, -0.25) is 14.7 Å². The molecule has 1 aromatic heterocycles. The van der Waals surface area contributed by atoms with Crippen LogP contribution in [0, 0.1) is 0 Å². The summed E-state index contributed by atoms with van der Waals surface area (Å²) in [6.07, 6.45) is 2.73. The fraction of sp³-hybridized carbons (Fsp3) is 0.261. The predicted octanol–water partition coefficient (Wildman–Crippen LogP) is 3.56. The zero-order chi connectivity index (χ0) is 20.1. The molecular formula is C23H23N3O3. The summed E-state index contributed by atoms with van der Waals surface area (Å²) in [5.41, 5.74) is 4.92. The van der Waals surface area contributed by atoms with Crippen molar-refractivity contribution in [2.75, 3.05) is 13.1 Å². The van der Waals surface area contributed by atoms with Crippen molar-refractivity contribution in [3.05, 3.63) is 77.7 Å². The maximum Gasteiger partial charge on any atom is 0.304 e. The number of hydrogen-bond donors (Lipinski definition) is 1. The van der Waals surface area contributed by atoms with E-state index in [1.54, 1.807) is 6.20 Å². The summed E-state index contributed by atoms with van der Waals surface area (Å²) in [6, 6.07) is 18.0. The van der Waals surface area contributed by atoms with Crippen LogP contribution in [0.1, 0.15) is 23.4 Å². The average Bonchev–Trinajstić information content (AvgIpc) is 2.77. The van der Waals surface area contributed by atoms with Gasteiger partial charge in [0.1, 0.15) is 12.4 Å². The standard InChI is InChI=1S/C23H23N3O3/c27-23(28)11-13-26-12-10-20-22(15-26)24-14-21(25-20)18-6-8-19(9-7-18)29-16-17-4-2-1-3-5-17/h1-9,14H,10-13,15-16H2,(H,27,28). The second-order valence-corrected chi connectivity index (χ2v) is 7.12. The Labute approximate surface area is 169 Å². The molecule has 148 valence electrons. The molecule has 0 bridgehead atoms. The van der Waals surface area contributed by atoms with Crippen molar-refractivity contribution in [1.82, 2.24) is 14.9 Å². The van der Waals surface area contributed by atoms with Gasteiger partial charge in [0.15, 0.2) is 0 Å². The van der Waals surface area contributed by atoms with Crippen LogP contribution in [0.15, 0.2) is 60.8 Å². The number of carboxylic acids is 1. The van der Waals surface area contributed by atoms with E-state index in [1.807, 2.05) is 54.6 Å². The minimum absolute atomic E-state index is 0.152. The monoisotopic (exact) mass is 389 g/mol. The highest BCUT2D eigenvalue weighted by atomic mass is 16.5. The lowest BCUT2D eigenvalue weighted by molar-refractivity contribution is -0.137. The van der Waals surface area contributed by atoms with Crippen molar-refractivity contribution < 1.29 is 14.6 Å². The molecule has 1 aliphatic rings. The molecule has 3 aromatic rings. The van der Waals surface area contributed by atoms with Gasteiger partial charge in [-0.1, -0.05) is 30.3 Å². The zero-order valence-electron chi connectivity index (χ0n) is 16.1. The third-order valence-corrected chi connectivity index (χ3v) is 5.01. The van der Waals surface area contributed by atoms with Gasteiger partial charge in [-0.15, -0.1) is 0 Å². The molecule has 2 heterocycles. The van der Waals surface area contributed by atoms with Crippen LogP contribution in [0.2, 0.25) is 0 Å². The van der Waals surface area contributed by atoms with Gasteiger partial charge in [-0.25, -0.2) is 4.98 Å². The van der Waals surface area contributed by atoms with Crippen LogP contribution >= 0.6 is 0 Å². The van der Waals surface area contributed by atoms with Crippen molar-refractivity contribution in [1.29, 1.82) is 0 Å². The lowest BCUT2D eigenvalue weighted by Crippen LogP contribution is -2.33. The van der Waals surface area contributed by atoms with Crippen LogP contribution < -0.4 is 4.74 Å². The molecule has 1 N–H and O–H groups in total. The SMILES string of the molecule is O=C(O)CCN1CCc2nc(-c3ccc(OCc4ccccc4)cc3)cnc2C1. The zero-order valence-corrected chi connectivity index (χ0v) is 16.1. The fourth-order valence-electron chi connectivity index (χ4n) is 3.39. The summed E-state index contributed by atoms with van der Waals surface area (Å²) in [7, 11) is 0. The molecule has 29 heavy (non-hydrogen) atoms. The lowest BCUT2D eigenvalue weighted by Gasteiger charge is -2.26. The Morgan fingerprint density at radius 1 is 1.07 bits per heavy atom. The van der Waals surface area contributed by atoms with Gasteiger partial charge in [0.05, 0.1) is 29.7 Å². The number of aromatic nitrogens is 2. The van der Waals surface area contributed by atoms with Crippen LogP contribution in [0.3, 0.4) is 0 Å². The van der Waals surface area contributed by atoms with Crippen molar-refractivity contribution in [2.24, 2.45) is 0 Å². The topological polar surface area (TPSA) is 75.5 Å². The van der Waals surface area contributed by atoms with Crippen molar-refractivity contribution in [3.8, 4) is 17.0 Å². The summed E-state index contributed by atoms with van der Waals surface area (Å²) in [5.74, 6) is 0.0472. The number of fused-ring (bicyclic) bond motifs is 1. The third-order valence-electron chi connectivity index (χ3n) is 5.01. The van der Waals surface area contributed by atoms with E-state index < -0.39 is 5.97 Å². The minimum Gasteiger partial charge on any atom is -0.489 e. The number of aliphatic carboxylic acids is 1. The van der Waals surface area contributed by atoms with Crippen LogP contribution in [0.25, 0.3) is 11.3 Å². The molecule has 0 spiro atoms. The quantitative estimate of drug-likeness (QED) is 0.666. The Morgan fingerprint density at radius 3 is 2.62 bits per heavy atom. The molecule has 2 aromatic carbocycles. The third kappa shape index (κ3) is 4.97. The maximum absolute atomic E-state index is 10.8. The second-order valence-electron chi connectivity index (χ2n) is 7.12. The summed E-state index contributed by atoms with van der Waals surface area (Å²) in [5, 5.41) is 8.85. The molecule has 1 aliphatic heterocycles. The lowest BCUT2D eigenvalue weighted by atomic mass is 10.1. The molecular weight excluding hydrogens is 366 g/mol. The van der Waals surface area contributed by atoms with E-state index >= 15 is 0 Å². The van der Waals surface area contributed by atoms with Crippen LogP contribution in [-0.4, -0.2) is 39.0 Å². The molecule has 0 aliphatic carbocycles. The number of hydrogen-bond acceptors (Lipinski definition) is 5. The summed E-state index contributed by atoms with van der Waals surface area (Å²) < 4.78 is 5.84. The van der Waals surface area contributed by atoms with Gasteiger partial charge >= 0.3 is 5.97 Å². The molecule has 0 unspecified atom stereocenters. The second kappa shape index (κ2) is 8.84. The Kier molecular flexibility index (Phi) is 5.81. The predicted molar refractivity (Wildman–Crippen MR) is 109 cm³/mol. The maximum atomic E-state index is 10.8. The molecule has 0 fully saturated rings. The molecule has 4 rings (SSSR count). The van der Waals surface area contributed by atoms with Gasteiger partial charge in [0.2, 0.25) is 0 Å². The average molecular weight is 389 g/mol. The first-order valence-electron chi connectivity index (χ1n) is 9.73. The number of carboxylic acid groups (broad SMARTS) is 1. The highest BCUT2D eigenvalue weighted by molar-refractivity contribution is 5.66. The molecule has 0 radical (unpaired) electrons. The number of carbonyl (C=O) groups is 1. The Bertz CT molecular complexity index is 974.